The van der Waals surface area contributed by atoms with Crippen LogP contribution in [-0.2, 0) is 9.59 Å². The third-order valence-electron chi connectivity index (χ3n) is 3.40. The molecular formula is C16H20N2O3. The molecular weight excluding hydrogens is 268 g/mol. The molecule has 0 radical (unpaired) electrons. The second-order valence-corrected chi connectivity index (χ2v) is 4.91. The van der Waals surface area contributed by atoms with Crippen LogP contribution in [-0.4, -0.2) is 25.5 Å². The molecule has 5 heteroatoms. The minimum Gasteiger partial charge on any atom is -0.494 e. The van der Waals surface area contributed by atoms with Gasteiger partial charge in [0.05, 0.1) is 12.8 Å². The molecule has 0 saturated carbocycles. The van der Waals surface area contributed by atoms with E-state index in [1.165, 1.54) is 0 Å². The van der Waals surface area contributed by atoms with Crippen molar-refractivity contribution in [3.8, 4) is 5.75 Å². The lowest BCUT2D eigenvalue weighted by Crippen LogP contribution is -2.24. The van der Waals surface area contributed by atoms with Gasteiger partial charge in [-0.15, -0.1) is 6.58 Å². The number of methoxy groups -OCH3 is 1. The molecule has 1 aromatic rings. The van der Waals surface area contributed by atoms with Crippen molar-refractivity contribution in [2.45, 2.75) is 25.7 Å². The number of allylic oxidation sites excluding steroid dienone is 1. The SMILES string of the molecule is C=CCCC(=O)Nc1ccc(N2CCCC2=O)c(OC)c1. The Balaban J connectivity index is 2.14. The van der Waals surface area contributed by atoms with Gasteiger partial charge in [-0.05, 0) is 25.0 Å². The summed E-state index contributed by atoms with van der Waals surface area (Å²) in [7, 11) is 1.56. The van der Waals surface area contributed by atoms with Gasteiger partial charge in [0.15, 0.2) is 0 Å². The summed E-state index contributed by atoms with van der Waals surface area (Å²) in [4.78, 5) is 25.2. The Morgan fingerprint density at radius 1 is 1.52 bits per heavy atom. The highest BCUT2D eigenvalue weighted by atomic mass is 16.5. The molecule has 1 heterocycles. The van der Waals surface area contributed by atoms with Crippen LogP contribution in [0.25, 0.3) is 0 Å². The number of nitrogens with one attached hydrogen (secondary N) is 1. The first-order valence-corrected chi connectivity index (χ1v) is 7.05. The van der Waals surface area contributed by atoms with Gasteiger partial charge in [-0.2, -0.15) is 0 Å². The maximum absolute atomic E-state index is 11.8. The number of carbonyl (C=O) groups is 2. The standard InChI is InChI=1S/C16H20N2O3/c1-3-4-6-15(19)17-12-8-9-13(14(11-12)21-2)18-10-5-7-16(18)20/h3,8-9,11H,1,4-7,10H2,2H3,(H,17,19). The zero-order chi connectivity index (χ0) is 15.2. The number of anilines is 2. The Kier molecular flexibility index (Phi) is 4.98. The van der Waals surface area contributed by atoms with E-state index in [0.717, 1.165) is 12.1 Å². The van der Waals surface area contributed by atoms with Crippen LogP contribution in [0.4, 0.5) is 11.4 Å². The molecule has 1 N–H and O–H groups in total. The Labute approximate surface area is 124 Å². The number of ether oxygens (including phenoxy) is 1. The van der Waals surface area contributed by atoms with Gasteiger partial charge in [0, 0.05) is 31.1 Å². The van der Waals surface area contributed by atoms with Crippen molar-refractivity contribution in [2.24, 2.45) is 0 Å². The molecule has 112 valence electrons. The predicted octanol–water partition coefficient (Wildman–Crippen LogP) is 2.73. The van der Waals surface area contributed by atoms with E-state index in [4.69, 9.17) is 4.74 Å². The monoisotopic (exact) mass is 288 g/mol. The zero-order valence-electron chi connectivity index (χ0n) is 12.2. The summed E-state index contributed by atoms with van der Waals surface area (Å²) in [5.74, 6) is 0.629. The molecule has 2 amide bonds. The van der Waals surface area contributed by atoms with E-state index in [1.807, 2.05) is 6.07 Å². The van der Waals surface area contributed by atoms with Crippen LogP contribution in [0.1, 0.15) is 25.7 Å². The maximum Gasteiger partial charge on any atom is 0.227 e. The number of nitrogens with zero attached hydrogens (tertiary/aromatic N) is 1. The van der Waals surface area contributed by atoms with E-state index in [2.05, 4.69) is 11.9 Å². The van der Waals surface area contributed by atoms with E-state index in [9.17, 15) is 9.59 Å². The molecule has 2 rings (SSSR count). The van der Waals surface area contributed by atoms with Gasteiger partial charge in [-0.3, -0.25) is 9.59 Å². The van der Waals surface area contributed by atoms with Crippen LogP contribution in [0.3, 0.4) is 0 Å². The van der Waals surface area contributed by atoms with Crippen LogP contribution < -0.4 is 15.0 Å². The molecule has 0 spiro atoms. The molecule has 0 aliphatic carbocycles. The largest absolute Gasteiger partial charge is 0.494 e. The first kappa shape index (κ1) is 15.1. The highest BCUT2D eigenvalue weighted by molar-refractivity contribution is 5.97. The summed E-state index contributed by atoms with van der Waals surface area (Å²) in [6, 6.07) is 5.34. The third kappa shape index (κ3) is 3.62. The molecule has 1 fully saturated rings. The van der Waals surface area contributed by atoms with Gasteiger partial charge < -0.3 is 15.0 Å². The number of hydrogen-bond donors (Lipinski definition) is 1. The van der Waals surface area contributed by atoms with Crippen LogP contribution >= 0.6 is 0 Å². The molecule has 0 atom stereocenters. The van der Waals surface area contributed by atoms with E-state index >= 15 is 0 Å². The van der Waals surface area contributed by atoms with Crippen LogP contribution in [0, 0.1) is 0 Å². The summed E-state index contributed by atoms with van der Waals surface area (Å²) in [5.41, 5.74) is 1.42. The number of hydrogen-bond acceptors (Lipinski definition) is 3. The van der Waals surface area contributed by atoms with Gasteiger partial charge in [0.1, 0.15) is 5.75 Å². The normalized spacial score (nSPS) is 14.1. The molecule has 0 unspecified atom stereocenters. The molecule has 0 bridgehead atoms. The van der Waals surface area contributed by atoms with E-state index in [0.29, 0.717) is 37.2 Å². The summed E-state index contributed by atoms with van der Waals surface area (Å²) in [6.07, 6.45) is 4.19. The Hall–Kier alpha value is -2.30. The molecule has 21 heavy (non-hydrogen) atoms. The first-order valence-electron chi connectivity index (χ1n) is 7.05. The second kappa shape index (κ2) is 6.92. The lowest BCUT2D eigenvalue weighted by atomic mass is 10.2. The minimum absolute atomic E-state index is 0.0676. The van der Waals surface area contributed by atoms with Gasteiger partial charge in [0.25, 0.3) is 0 Å². The smallest absolute Gasteiger partial charge is 0.227 e. The fourth-order valence-electron chi connectivity index (χ4n) is 2.34. The summed E-state index contributed by atoms with van der Waals surface area (Å²) >= 11 is 0. The highest BCUT2D eigenvalue weighted by Gasteiger charge is 2.24. The van der Waals surface area contributed by atoms with Crippen molar-refractivity contribution < 1.29 is 14.3 Å². The van der Waals surface area contributed by atoms with Crippen LogP contribution in [0.5, 0.6) is 5.75 Å². The van der Waals surface area contributed by atoms with Gasteiger partial charge in [-0.25, -0.2) is 0 Å². The number of benzene rings is 1. The fraction of sp³-hybridized carbons (Fsp3) is 0.375. The van der Waals surface area contributed by atoms with E-state index in [1.54, 1.807) is 30.2 Å². The number of amides is 2. The summed E-state index contributed by atoms with van der Waals surface area (Å²) in [5, 5.41) is 2.81. The topological polar surface area (TPSA) is 58.6 Å². The van der Waals surface area contributed by atoms with Gasteiger partial charge in [0.2, 0.25) is 11.8 Å². The Bertz CT molecular complexity index is 554. The fourth-order valence-corrected chi connectivity index (χ4v) is 2.34. The second-order valence-electron chi connectivity index (χ2n) is 4.91. The van der Waals surface area contributed by atoms with Gasteiger partial charge >= 0.3 is 0 Å². The van der Waals surface area contributed by atoms with Crippen molar-refractivity contribution in [2.75, 3.05) is 23.9 Å². The quantitative estimate of drug-likeness (QED) is 0.819. The number of rotatable bonds is 6. The van der Waals surface area contributed by atoms with Crippen molar-refractivity contribution in [1.82, 2.24) is 0 Å². The predicted molar refractivity (Wildman–Crippen MR) is 82.6 cm³/mol. The molecule has 0 aromatic heterocycles. The first-order chi connectivity index (χ1) is 10.2. The maximum atomic E-state index is 11.8. The minimum atomic E-state index is -0.0676. The molecule has 1 aromatic carbocycles. The average molecular weight is 288 g/mol. The van der Waals surface area contributed by atoms with Crippen molar-refractivity contribution in [3.05, 3.63) is 30.9 Å². The third-order valence-corrected chi connectivity index (χ3v) is 3.40. The molecule has 1 aliphatic heterocycles. The van der Waals surface area contributed by atoms with Crippen molar-refractivity contribution in [3.63, 3.8) is 0 Å². The summed E-state index contributed by atoms with van der Waals surface area (Å²) in [6.45, 7) is 4.30. The highest BCUT2D eigenvalue weighted by Crippen LogP contribution is 2.33. The van der Waals surface area contributed by atoms with Crippen LogP contribution in [0.2, 0.25) is 0 Å². The summed E-state index contributed by atoms with van der Waals surface area (Å²) < 4.78 is 5.35. The molecule has 1 saturated heterocycles. The average Bonchev–Trinajstić information content (AvgIpc) is 2.91. The Morgan fingerprint density at radius 2 is 2.33 bits per heavy atom. The lowest BCUT2D eigenvalue weighted by Gasteiger charge is -2.19. The Morgan fingerprint density at radius 3 is 2.95 bits per heavy atom. The van der Waals surface area contributed by atoms with E-state index in [-0.39, 0.29) is 11.8 Å². The van der Waals surface area contributed by atoms with Crippen LogP contribution in [0.15, 0.2) is 30.9 Å². The van der Waals surface area contributed by atoms with E-state index < -0.39 is 0 Å². The van der Waals surface area contributed by atoms with Crippen molar-refractivity contribution in [1.29, 1.82) is 0 Å². The molecule has 5 nitrogen and oxygen atoms in total. The molecule has 1 aliphatic rings. The van der Waals surface area contributed by atoms with Crippen molar-refractivity contribution >= 4 is 23.2 Å². The lowest BCUT2D eigenvalue weighted by molar-refractivity contribution is -0.117. The zero-order valence-corrected chi connectivity index (χ0v) is 12.2. The number of carbonyl (C=O) groups excluding carboxylic acids is 2. The van der Waals surface area contributed by atoms with Gasteiger partial charge in [-0.1, -0.05) is 6.08 Å².